The van der Waals surface area contributed by atoms with Gasteiger partial charge < -0.3 is 4.74 Å². The summed E-state index contributed by atoms with van der Waals surface area (Å²) in [5, 5.41) is 0. The average molecular weight is 428 g/mol. The van der Waals surface area contributed by atoms with Gasteiger partial charge >= 0.3 is 5.97 Å². The summed E-state index contributed by atoms with van der Waals surface area (Å²) in [7, 11) is -3.35. The van der Waals surface area contributed by atoms with Crippen molar-refractivity contribution in [3.8, 4) is 0 Å². The second kappa shape index (κ2) is 7.87. The van der Waals surface area contributed by atoms with Gasteiger partial charge in [0.1, 0.15) is 0 Å². The fourth-order valence-corrected chi connectivity index (χ4v) is 5.33. The topological polar surface area (TPSA) is 80.8 Å². The molecule has 1 fully saturated rings. The van der Waals surface area contributed by atoms with Gasteiger partial charge in [0.05, 0.1) is 17.4 Å². The molecule has 0 saturated heterocycles. The molecule has 0 radical (unpaired) electrons. The van der Waals surface area contributed by atoms with Gasteiger partial charge in [-0.25, -0.2) is 8.42 Å². The monoisotopic (exact) mass is 427 g/mol. The van der Waals surface area contributed by atoms with Crippen molar-refractivity contribution in [2.75, 3.05) is 23.7 Å². The van der Waals surface area contributed by atoms with Gasteiger partial charge in [-0.3, -0.25) is 13.9 Å². The molecule has 0 N–H and O–H groups in total. The standard InChI is InChI=1S/C23H25NO5S/c1-30(27,28)24-14-5-7-17-15-18(10-11-20(17)24)21(25)16-29-22(26)23(12-6-13-23)19-8-3-2-4-9-19/h2-4,8-11,15H,5-7,12-14,16H2,1H3. The van der Waals surface area contributed by atoms with E-state index in [0.717, 1.165) is 30.4 Å². The third-order valence-corrected chi connectivity index (χ3v) is 7.32. The molecule has 2 aromatic rings. The van der Waals surface area contributed by atoms with E-state index in [1.54, 1.807) is 18.2 Å². The summed E-state index contributed by atoms with van der Waals surface area (Å²) < 4.78 is 30.8. The maximum Gasteiger partial charge on any atom is 0.317 e. The average Bonchev–Trinajstić information content (AvgIpc) is 2.70. The summed E-state index contributed by atoms with van der Waals surface area (Å²) in [5.41, 5.74) is 2.16. The van der Waals surface area contributed by atoms with Crippen LogP contribution in [0.2, 0.25) is 0 Å². The molecule has 0 amide bonds. The Labute approximate surface area is 176 Å². The molecule has 1 heterocycles. The van der Waals surface area contributed by atoms with E-state index in [0.29, 0.717) is 30.6 Å². The first-order valence-electron chi connectivity index (χ1n) is 10.2. The number of fused-ring (bicyclic) bond motifs is 1. The summed E-state index contributed by atoms with van der Waals surface area (Å²) in [4.78, 5) is 25.5. The number of hydrogen-bond donors (Lipinski definition) is 0. The van der Waals surface area contributed by atoms with Crippen molar-refractivity contribution in [3.05, 3.63) is 65.2 Å². The Morgan fingerprint density at radius 3 is 2.43 bits per heavy atom. The fraction of sp³-hybridized carbons (Fsp3) is 0.391. The highest BCUT2D eigenvalue weighted by molar-refractivity contribution is 7.92. The number of anilines is 1. The minimum Gasteiger partial charge on any atom is -0.457 e. The Morgan fingerprint density at radius 1 is 1.07 bits per heavy atom. The van der Waals surface area contributed by atoms with Gasteiger partial charge in [0.25, 0.3) is 0 Å². The maximum atomic E-state index is 12.8. The number of esters is 1. The van der Waals surface area contributed by atoms with Crippen LogP contribution >= 0.6 is 0 Å². The van der Waals surface area contributed by atoms with Crippen LogP contribution in [0.3, 0.4) is 0 Å². The van der Waals surface area contributed by atoms with Crippen LogP contribution in [-0.4, -0.2) is 39.6 Å². The van der Waals surface area contributed by atoms with E-state index in [4.69, 9.17) is 4.74 Å². The SMILES string of the molecule is CS(=O)(=O)N1CCCc2cc(C(=O)COC(=O)C3(c4ccccc4)CCC3)ccc21. The predicted molar refractivity (Wildman–Crippen MR) is 114 cm³/mol. The Morgan fingerprint density at radius 2 is 1.80 bits per heavy atom. The van der Waals surface area contributed by atoms with E-state index in [1.165, 1.54) is 10.6 Å². The number of ketones is 1. The van der Waals surface area contributed by atoms with Gasteiger partial charge in [-0.05, 0) is 55.0 Å². The molecule has 4 rings (SSSR count). The molecule has 2 aromatic carbocycles. The smallest absolute Gasteiger partial charge is 0.317 e. The summed E-state index contributed by atoms with van der Waals surface area (Å²) in [6.07, 6.45) is 5.00. The van der Waals surface area contributed by atoms with Gasteiger partial charge in [-0.2, -0.15) is 0 Å². The van der Waals surface area contributed by atoms with Crippen molar-refractivity contribution < 1.29 is 22.7 Å². The first kappa shape index (κ1) is 20.6. The Kier molecular flexibility index (Phi) is 5.40. The Balaban J connectivity index is 1.47. The van der Waals surface area contributed by atoms with Crippen molar-refractivity contribution >= 4 is 27.5 Å². The fourth-order valence-electron chi connectivity index (χ4n) is 4.33. The van der Waals surface area contributed by atoms with E-state index in [2.05, 4.69) is 0 Å². The number of hydrogen-bond acceptors (Lipinski definition) is 5. The van der Waals surface area contributed by atoms with Crippen LogP contribution in [0.5, 0.6) is 0 Å². The molecule has 2 aliphatic rings. The Bertz CT molecular complexity index is 1070. The summed E-state index contributed by atoms with van der Waals surface area (Å²) in [6, 6.07) is 14.6. The molecular weight excluding hydrogens is 402 g/mol. The highest BCUT2D eigenvalue weighted by atomic mass is 32.2. The molecule has 0 bridgehead atoms. The maximum absolute atomic E-state index is 12.8. The van der Waals surface area contributed by atoms with Crippen molar-refractivity contribution in [1.82, 2.24) is 0 Å². The number of aryl methyl sites for hydroxylation is 1. The molecule has 158 valence electrons. The minimum absolute atomic E-state index is 0.287. The van der Waals surface area contributed by atoms with Crippen LogP contribution < -0.4 is 4.31 Å². The van der Waals surface area contributed by atoms with Crippen LogP contribution in [0.25, 0.3) is 0 Å². The molecule has 6 nitrogen and oxygen atoms in total. The highest BCUT2D eigenvalue weighted by Crippen LogP contribution is 2.44. The zero-order valence-electron chi connectivity index (χ0n) is 17.0. The minimum atomic E-state index is -3.35. The summed E-state index contributed by atoms with van der Waals surface area (Å²) in [6.45, 7) is 0.125. The first-order valence-corrected chi connectivity index (χ1v) is 12.0. The van der Waals surface area contributed by atoms with E-state index in [-0.39, 0.29) is 18.4 Å². The molecule has 0 unspecified atom stereocenters. The van der Waals surface area contributed by atoms with E-state index < -0.39 is 15.4 Å². The third-order valence-electron chi connectivity index (χ3n) is 6.14. The molecule has 1 saturated carbocycles. The molecular formula is C23H25NO5S. The second-order valence-corrected chi connectivity index (χ2v) is 9.99. The first-order chi connectivity index (χ1) is 14.3. The molecule has 0 aromatic heterocycles. The lowest BCUT2D eigenvalue weighted by molar-refractivity contribution is -0.153. The molecule has 7 heteroatoms. The molecule has 1 aliphatic heterocycles. The number of benzene rings is 2. The van der Waals surface area contributed by atoms with Gasteiger partial charge in [0, 0.05) is 12.1 Å². The predicted octanol–water partition coefficient (Wildman–Crippen LogP) is 3.25. The quantitative estimate of drug-likeness (QED) is 0.522. The second-order valence-electron chi connectivity index (χ2n) is 8.08. The van der Waals surface area contributed by atoms with Crippen LogP contribution in [0.4, 0.5) is 5.69 Å². The molecule has 0 spiro atoms. The lowest BCUT2D eigenvalue weighted by Crippen LogP contribution is -2.44. The number of Topliss-reactive ketones (excluding diaryl/α,β-unsaturated/α-hetero) is 1. The lowest BCUT2D eigenvalue weighted by Gasteiger charge is -2.39. The number of carbonyl (C=O) groups excluding carboxylic acids is 2. The normalized spacial score (nSPS) is 17.6. The van der Waals surface area contributed by atoms with Gasteiger partial charge in [0.15, 0.2) is 12.4 Å². The summed E-state index contributed by atoms with van der Waals surface area (Å²) >= 11 is 0. The van der Waals surface area contributed by atoms with Crippen LogP contribution in [0, 0.1) is 0 Å². The van der Waals surface area contributed by atoms with Crippen molar-refractivity contribution in [2.45, 2.75) is 37.5 Å². The number of carbonyl (C=O) groups is 2. The molecule has 30 heavy (non-hydrogen) atoms. The molecule has 1 aliphatic carbocycles. The van der Waals surface area contributed by atoms with Gasteiger partial charge in [0.2, 0.25) is 10.0 Å². The number of sulfonamides is 1. The number of ether oxygens (including phenoxy) is 1. The van der Waals surface area contributed by atoms with E-state index in [9.17, 15) is 18.0 Å². The zero-order chi connectivity index (χ0) is 21.4. The van der Waals surface area contributed by atoms with Crippen molar-refractivity contribution in [3.63, 3.8) is 0 Å². The molecule has 0 atom stereocenters. The largest absolute Gasteiger partial charge is 0.457 e. The van der Waals surface area contributed by atoms with E-state index in [1.807, 2.05) is 30.3 Å². The van der Waals surface area contributed by atoms with Crippen molar-refractivity contribution in [2.24, 2.45) is 0 Å². The van der Waals surface area contributed by atoms with Crippen LogP contribution in [0.15, 0.2) is 48.5 Å². The van der Waals surface area contributed by atoms with Gasteiger partial charge in [-0.15, -0.1) is 0 Å². The number of nitrogens with zero attached hydrogens (tertiary/aromatic N) is 1. The van der Waals surface area contributed by atoms with Crippen LogP contribution in [-0.2, 0) is 31.4 Å². The highest BCUT2D eigenvalue weighted by Gasteiger charge is 2.47. The number of rotatable bonds is 6. The van der Waals surface area contributed by atoms with Crippen molar-refractivity contribution in [1.29, 1.82) is 0 Å². The third kappa shape index (κ3) is 3.74. The van der Waals surface area contributed by atoms with Gasteiger partial charge in [-0.1, -0.05) is 36.8 Å². The van der Waals surface area contributed by atoms with Crippen LogP contribution in [0.1, 0.15) is 47.2 Å². The van der Waals surface area contributed by atoms with E-state index >= 15 is 0 Å². The Hall–Kier alpha value is -2.67. The zero-order valence-corrected chi connectivity index (χ0v) is 17.8. The lowest BCUT2D eigenvalue weighted by atomic mass is 9.64. The summed E-state index contributed by atoms with van der Waals surface area (Å²) in [5.74, 6) is -0.639.